The molecule has 0 aliphatic rings. The van der Waals surface area contributed by atoms with Gasteiger partial charge in [0.15, 0.2) is 5.65 Å². The van der Waals surface area contributed by atoms with Gasteiger partial charge in [0.25, 0.3) is 10.0 Å². The molecule has 0 spiro atoms. The maximum Gasteiger partial charge on any atom is 0.269 e. The first-order valence-corrected chi connectivity index (χ1v) is 8.23. The van der Waals surface area contributed by atoms with Crippen molar-refractivity contribution in [3.8, 4) is 0 Å². The van der Waals surface area contributed by atoms with Crippen LogP contribution in [0.2, 0.25) is 5.02 Å². The fourth-order valence-corrected chi connectivity index (χ4v) is 3.67. The molecule has 0 N–H and O–H groups in total. The molecule has 3 aromatic rings. The van der Waals surface area contributed by atoms with Crippen LogP contribution in [-0.4, -0.2) is 17.4 Å². The number of hydrogen-bond acceptors (Lipinski definition) is 3. The molecular formula is C13H8BrClN2O2S. The Balaban J connectivity index is 2.21. The zero-order valence-corrected chi connectivity index (χ0v) is 13.2. The molecule has 0 atom stereocenters. The Morgan fingerprint density at radius 2 is 1.85 bits per heavy atom. The molecule has 4 nitrogen and oxygen atoms in total. The lowest BCUT2D eigenvalue weighted by Gasteiger charge is -2.07. The van der Waals surface area contributed by atoms with E-state index in [1.165, 1.54) is 18.3 Å². The van der Waals surface area contributed by atoms with Gasteiger partial charge in [-0.25, -0.2) is 17.4 Å². The monoisotopic (exact) mass is 370 g/mol. The first-order valence-electron chi connectivity index (χ1n) is 5.62. The highest BCUT2D eigenvalue weighted by atomic mass is 79.9. The molecule has 3 rings (SSSR count). The first kappa shape index (κ1) is 13.6. The van der Waals surface area contributed by atoms with Crippen molar-refractivity contribution < 1.29 is 8.42 Å². The Labute approximate surface area is 129 Å². The number of nitrogens with zero attached hydrogens (tertiary/aromatic N) is 2. The maximum absolute atomic E-state index is 12.6. The first-order chi connectivity index (χ1) is 9.48. The van der Waals surface area contributed by atoms with Gasteiger partial charge in [-0.3, -0.25) is 0 Å². The second-order valence-corrected chi connectivity index (χ2v) is 7.30. The lowest BCUT2D eigenvalue weighted by Crippen LogP contribution is -2.12. The van der Waals surface area contributed by atoms with E-state index in [4.69, 9.17) is 11.6 Å². The summed E-state index contributed by atoms with van der Waals surface area (Å²) in [6.07, 6.45) is 3.06. The normalized spacial score (nSPS) is 11.9. The minimum Gasteiger partial charge on any atom is -0.236 e. The van der Waals surface area contributed by atoms with E-state index in [1.54, 1.807) is 24.4 Å². The molecule has 0 aliphatic carbocycles. The van der Waals surface area contributed by atoms with Crippen LogP contribution in [0.15, 0.2) is 58.2 Å². The number of fused-ring (bicyclic) bond motifs is 1. The Kier molecular flexibility index (Phi) is 3.32. The van der Waals surface area contributed by atoms with Crippen molar-refractivity contribution in [3.63, 3.8) is 0 Å². The Morgan fingerprint density at radius 1 is 1.15 bits per heavy atom. The highest BCUT2D eigenvalue weighted by Crippen LogP contribution is 2.23. The van der Waals surface area contributed by atoms with E-state index in [9.17, 15) is 8.42 Å². The van der Waals surface area contributed by atoms with E-state index in [0.717, 1.165) is 13.8 Å². The zero-order chi connectivity index (χ0) is 14.3. The molecule has 1 aromatic carbocycles. The fraction of sp³-hybridized carbons (Fsp3) is 0. The predicted octanol–water partition coefficient (Wildman–Crippen LogP) is 3.69. The van der Waals surface area contributed by atoms with E-state index in [1.807, 2.05) is 6.07 Å². The number of rotatable bonds is 2. The third kappa shape index (κ3) is 2.24. The van der Waals surface area contributed by atoms with Crippen LogP contribution < -0.4 is 0 Å². The van der Waals surface area contributed by atoms with Gasteiger partial charge in [0.1, 0.15) is 0 Å². The van der Waals surface area contributed by atoms with Crippen LogP contribution in [0.4, 0.5) is 0 Å². The van der Waals surface area contributed by atoms with Crippen LogP contribution in [0.3, 0.4) is 0 Å². The van der Waals surface area contributed by atoms with Crippen molar-refractivity contribution in [3.05, 3.63) is 58.3 Å². The highest BCUT2D eigenvalue weighted by Gasteiger charge is 2.19. The molecule has 7 heteroatoms. The summed E-state index contributed by atoms with van der Waals surface area (Å²) < 4.78 is 27.1. The summed E-state index contributed by atoms with van der Waals surface area (Å²) in [4.78, 5) is 4.33. The molecule has 0 bridgehead atoms. The van der Waals surface area contributed by atoms with Crippen LogP contribution >= 0.6 is 27.5 Å². The summed E-state index contributed by atoms with van der Waals surface area (Å²) in [7, 11) is -3.67. The molecule has 2 aromatic heterocycles. The molecule has 0 aliphatic heterocycles. The van der Waals surface area contributed by atoms with Gasteiger partial charge < -0.3 is 0 Å². The van der Waals surface area contributed by atoms with Crippen molar-refractivity contribution in [2.45, 2.75) is 4.90 Å². The Hall–Kier alpha value is -1.37. The average molecular weight is 372 g/mol. The average Bonchev–Trinajstić information content (AvgIpc) is 2.82. The van der Waals surface area contributed by atoms with Gasteiger partial charge in [0, 0.05) is 27.3 Å². The largest absolute Gasteiger partial charge is 0.269 e. The van der Waals surface area contributed by atoms with E-state index < -0.39 is 10.0 Å². The van der Waals surface area contributed by atoms with Crippen LogP contribution in [0, 0.1) is 0 Å². The number of halogens is 2. The van der Waals surface area contributed by atoms with Gasteiger partial charge >= 0.3 is 0 Å². The van der Waals surface area contributed by atoms with Crippen molar-refractivity contribution >= 4 is 48.6 Å². The molecule has 2 heterocycles. The third-order valence-electron chi connectivity index (χ3n) is 2.83. The van der Waals surface area contributed by atoms with Crippen LogP contribution in [0.5, 0.6) is 0 Å². The molecule has 0 saturated heterocycles. The molecule has 20 heavy (non-hydrogen) atoms. The van der Waals surface area contributed by atoms with E-state index in [0.29, 0.717) is 10.7 Å². The molecule has 0 radical (unpaired) electrons. The SMILES string of the molecule is O=S(=O)(c1ccc(Cl)cc1)n1ccc2cc(Br)cnc21. The summed E-state index contributed by atoms with van der Waals surface area (Å²) in [6.45, 7) is 0. The standard InChI is InChI=1S/C13H8BrClN2O2S/c14-10-7-9-5-6-17(13(9)16-8-10)20(18,19)12-3-1-11(15)2-4-12/h1-8H. The number of aromatic nitrogens is 2. The van der Waals surface area contributed by atoms with Gasteiger partial charge in [-0.2, -0.15) is 0 Å². The van der Waals surface area contributed by atoms with E-state index in [2.05, 4.69) is 20.9 Å². The lowest BCUT2D eigenvalue weighted by atomic mass is 10.3. The second-order valence-electron chi connectivity index (χ2n) is 4.14. The van der Waals surface area contributed by atoms with Gasteiger partial charge in [0.2, 0.25) is 0 Å². The molecule has 0 amide bonds. The van der Waals surface area contributed by atoms with Gasteiger partial charge in [0.05, 0.1) is 4.90 Å². The lowest BCUT2D eigenvalue weighted by molar-refractivity contribution is 0.589. The van der Waals surface area contributed by atoms with Gasteiger partial charge in [-0.15, -0.1) is 0 Å². The summed E-state index contributed by atoms with van der Waals surface area (Å²) in [5.41, 5.74) is 0.392. The second kappa shape index (κ2) is 4.87. The number of benzene rings is 1. The zero-order valence-electron chi connectivity index (χ0n) is 9.99. The highest BCUT2D eigenvalue weighted by molar-refractivity contribution is 9.10. The number of pyridine rings is 1. The minimum absolute atomic E-state index is 0.170. The van der Waals surface area contributed by atoms with Gasteiger partial charge in [-0.1, -0.05) is 11.6 Å². The Morgan fingerprint density at radius 3 is 2.55 bits per heavy atom. The molecule has 0 unspecified atom stereocenters. The summed E-state index contributed by atoms with van der Waals surface area (Å²) in [6, 6.07) is 9.57. The van der Waals surface area contributed by atoms with E-state index >= 15 is 0 Å². The summed E-state index contributed by atoms with van der Waals surface area (Å²) in [5, 5.41) is 1.24. The fourth-order valence-electron chi connectivity index (χ4n) is 1.89. The third-order valence-corrected chi connectivity index (χ3v) is 5.20. The van der Waals surface area contributed by atoms with Crippen molar-refractivity contribution in [2.24, 2.45) is 0 Å². The topological polar surface area (TPSA) is 52.0 Å². The number of hydrogen-bond donors (Lipinski definition) is 0. The van der Waals surface area contributed by atoms with Crippen LogP contribution in [0.25, 0.3) is 11.0 Å². The van der Waals surface area contributed by atoms with Gasteiger partial charge in [-0.05, 0) is 52.3 Å². The molecular weight excluding hydrogens is 364 g/mol. The van der Waals surface area contributed by atoms with Crippen molar-refractivity contribution in [1.82, 2.24) is 8.96 Å². The van der Waals surface area contributed by atoms with Crippen LogP contribution in [-0.2, 0) is 10.0 Å². The smallest absolute Gasteiger partial charge is 0.236 e. The van der Waals surface area contributed by atoms with Crippen molar-refractivity contribution in [2.75, 3.05) is 0 Å². The maximum atomic E-state index is 12.6. The summed E-state index contributed by atoms with van der Waals surface area (Å²) >= 11 is 9.09. The molecule has 0 fully saturated rings. The predicted molar refractivity (Wildman–Crippen MR) is 81.5 cm³/mol. The minimum atomic E-state index is -3.67. The molecule has 102 valence electrons. The Bertz CT molecular complexity index is 888. The quantitative estimate of drug-likeness (QED) is 0.690. The summed E-state index contributed by atoms with van der Waals surface area (Å²) in [5.74, 6) is 0. The van der Waals surface area contributed by atoms with Crippen LogP contribution in [0.1, 0.15) is 0 Å². The van der Waals surface area contributed by atoms with Crippen molar-refractivity contribution in [1.29, 1.82) is 0 Å². The molecule has 0 saturated carbocycles. The van der Waals surface area contributed by atoms with E-state index in [-0.39, 0.29) is 4.90 Å².